The van der Waals surface area contributed by atoms with E-state index >= 15 is 0 Å². The number of halogens is 2. The van der Waals surface area contributed by atoms with Crippen LogP contribution in [0.3, 0.4) is 0 Å². The van der Waals surface area contributed by atoms with Crippen LogP contribution in [0.4, 0.5) is 5.69 Å². The van der Waals surface area contributed by atoms with Gasteiger partial charge in [0.1, 0.15) is 16.7 Å². The maximum Gasteiger partial charge on any atom is 0.245 e. The van der Waals surface area contributed by atoms with Gasteiger partial charge in [0, 0.05) is 9.50 Å². The lowest BCUT2D eigenvalue weighted by Gasteiger charge is -2.20. The van der Waals surface area contributed by atoms with E-state index in [1.54, 1.807) is 18.2 Å². The number of benzene rings is 3. The van der Waals surface area contributed by atoms with Crippen molar-refractivity contribution in [1.29, 1.82) is 0 Å². The van der Waals surface area contributed by atoms with Crippen molar-refractivity contribution in [3.05, 3.63) is 87.9 Å². The van der Waals surface area contributed by atoms with Crippen LogP contribution in [-0.2, 0) is 21.2 Å². The number of nitrogens with one attached hydrogen (secondary N) is 2. The maximum atomic E-state index is 13.1. The highest BCUT2D eigenvalue weighted by Crippen LogP contribution is 2.27. The van der Waals surface area contributed by atoms with E-state index in [0.29, 0.717) is 10.2 Å². The van der Waals surface area contributed by atoms with E-state index in [1.807, 2.05) is 36.4 Å². The van der Waals surface area contributed by atoms with Crippen LogP contribution >= 0.6 is 27.5 Å². The number of carbonyl (C=O) groups excluding carboxylic acids is 1. The van der Waals surface area contributed by atoms with Crippen molar-refractivity contribution in [3.63, 3.8) is 0 Å². The molecule has 0 unspecified atom stereocenters. The number of sulfonamides is 1. The van der Waals surface area contributed by atoms with E-state index in [0.717, 1.165) is 5.56 Å². The number of methoxy groups -OCH3 is 1. The van der Waals surface area contributed by atoms with Crippen LogP contribution in [0.5, 0.6) is 5.75 Å². The van der Waals surface area contributed by atoms with E-state index in [1.165, 1.54) is 25.3 Å². The summed E-state index contributed by atoms with van der Waals surface area (Å²) < 4.78 is 34.7. The highest BCUT2D eigenvalue weighted by atomic mass is 79.9. The molecule has 3 rings (SSSR count). The van der Waals surface area contributed by atoms with Gasteiger partial charge in [-0.2, -0.15) is 4.72 Å². The molecule has 0 saturated carbocycles. The zero-order chi connectivity index (χ0) is 22.4. The molecule has 6 nitrogen and oxygen atoms in total. The molecule has 0 spiro atoms. The van der Waals surface area contributed by atoms with Gasteiger partial charge in [-0.3, -0.25) is 4.79 Å². The fraction of sp³-hybridized carbons (Fsp3) is 0.136. The monoisotopic (exact) mass is 522 g/mol. The van der Waals surface area contributed by atoms with Gasteiger partial charge in [0.25, 0.3) is 0 Å². The van der Waals surface area contributed by atoms with Gasteiger partial charge in [0.15, 0.2) is 0 Å². The molecule has 3 aromatic rings. The second kappa shape index (κ2) is 10.3. The second-order valence-electron chi connectivity index (χ2n) is 6.63. The third-order valence-electron chi connectivity index (χ3n) is 4.44. The molecule has 162 valence electrons. The fourth-order valence-corrected chi connectivity index (χ4v) is 4.94. The SMILES string of the molecule is COc1ccc(Cl)cc1S(=O)(=O)N[C@H](Cc1ccccc1)C(=O)Nc1ccccc1Br. The Balaban J connectivity index is 1.93. The van der Waals surface area contributed by atoms with Crippen LogP contribution in [0, 0.1) is 0 Å². The average molecular weight is 524 g/mol. The van der Waals surface area contributed by atoms with Crippen LogP contribution in [0.1, 0.15) is 5.56 Å². The molecular weight excluding hydrogens is 504 g/mol. The van der Waals surface area contributed by atoms with Crippen molar-refractivity contribution in [3.8, 4) is 5.75 Å². The standard InChI is InChI=1S/C22H20BrClN2O4S/c1-30-20-12-11-16(24)14-21(20)31(28,29)26-19(13-15-7-3-2-4-8-15)22(27)25-18-10-6-5-9-17(18)23/h2-12,14,19,26H,13H2,1H3,(H,25,27)/t19-/m1/s1. The Hall–Kier alpha value is -2.39. The van der Waals surface area contributed by atoms with Crippen LogP contribution in [0.25, 0.3) is 0 Å². The first-order valence-corrected chi connectivity index (χ1v) is 11.9. The largest absolute Gasteiger partial charge is 0.495 e. The Morgan fingerprint density at radius 1 is 1.06 bits per heavy atom. The summed E-state index contributed by atoms with van der Waals surface area (Å²) >= 11 is 9.38. The summed E-state index contributed by atoms with van der Waals surface area (Å²) in [7, 11) is -2.76. The molecule has 0 radical (unpaired) electrons. The Bertz CT molecular complexity index is 1170. The highest BCUT2D eigenvalue weighted by Gasteiger charge is 2.29. The van der Waals surface area contributed by atoms with E-state index in [2.05, 4.69) is 26.0 Å². The number of anilines is 1. The summed E-state index contributed by atoms with van der Waals surface area (Å²) in [6.45, 7) is 0. The number of amides is 1. The zero-order valence-corrected chi connectivity index (χ0v) is 19.7. The van der Waals surface area contributed by atoms with Crippen molar-refractivity contribution >= 4 is 49.1 Å². The van der Waals surface area contributed by atoms with E-state index in [4.69, 9.17) is 16.3 Å². The van der Waals surface area contributed by atoms with E-state index in [9.17, 15) is 13.2 Å². The molecule has 0 bridgehead atoms. The molecule has 31 heavy (non-hydrogen) atoms. The van der Waals surface area contributed by atoms with Crippen molar-refractivity contribution in [1.82, 2.24) is 4.72 Å². The molecule has 9 heteroatoms. The maximum absolute atomic E-state index is 13.1. The van der Waals surface area contributed by atoms with Crippen LogP contribution < -0.4 is 14.8 Å². The molecule has 0 aromatic heterocycles. The molecule has 0 fully saturated rings. The van der Waals surface area contributed by atoms with Gasteiger partial charge in [-0.25, -0.2) is 8.42 Å². The summed E-state index contributed by atoms with van der Waals surface area (Å²) in [5.41, 5.74) is 1.33. The van der Waals surface area contributed by atoms with Gasteiger partial charge >= 0.3 is 0 Å². The first-order chi connectivity index (χ1) is 14.8. The third-order valence-corrected chi connectivity index (χ3v) is 6.86. The Morgan fingerprint density at radius 3 is 2.42 bits per heavy atom. The number of rotatable bonds is 8. The minimum absolute atomic E-state index is 0.126. The van der Waals surface area contributed by atoms with Crippen molar-refractivity contribution in [2.24, 2.45) is 0 Å². The topological polar surface area (TPSA) is 84.5 Å². The van der Waals surface area contributed by atoms with Crippen molar-refractivity contribution in [2.75, 3.05) is 12.4 Å². The van der Waals surface area contributed by atoms with Gasteiger partial charge in [0.2, 0.25) is 15.9 Å². The summed E-state index contributed by atoms with van der Waals surface area (Å²) in [5, 5.41) is 3.01. The number of hydrogen-bond donors (Lipinski definition) is 2. The predicted octanol–water partition coefficient (Wildman–Crippen LogP) is 4.64. The summed E-state index contributed by atoms with van der Waals surface area (Å²) in [4.78, 5) is 12.9. The first kappa shape index (κ1) is 23.3. The highest BCUT2D eigenvalue weighted by molar-refractivity contribution is 9.10. The van der Waals surface area contributed by atoms with Crippen LogP contribution in [0.2, 0.25) is 5.02 Å². The minimum Gasteiger partial charge on any atom is -0.495 e. The summed E-state index contributed by atoms with van der Waals surface area (Å²) in [5.74, 6) is -0.373. The lowest BCUT2D eigenvalue weighted by atomic mass is 10.1. The number of ether oxygens (including phenoxy) is 1. The minimum atomic E-state index is -4.12. The van der Waals surface area contributed by atoms with Crippen molar-refractivity contribution < 1.29 is 17.9 Å². The summed E-state index contributed by atoms with van der Waals surface area (Å²) in [6, 6.07) is 19.4. The molecule has 0 aliphatic carbocycles. The lowest BCUT2D eigenvalue weighted by molar-refractivity contribution is -0.117. The van der Waals surface area contributed by atoms with Gasteiger partial charge in [0.05, 0.1) is 12.8 Å². The molecule has 1 atom stereocenters. The molecule has 1 amide bonds. The molecule has 3 aromatic carbocycles. The Morgan fingerprint density at radius 2 is 1.74 bits per heavy atom. The number of para-hydroxylation sites is 1. The number of carbonyl (C=O) groups is 1. The predicted molar refractivity (Wildman–Crippen MR) is 125 cm³/mol. The second-order valence-corrected chi connectivity index (χ2v) is 9.60. The van der Waals surface area contributed by atoms with Gasteiger partial charge in [-0.1, -0.05) is 54.1 Å². The Kier molecular flexibility index (Phi) is 7.72. The van der Waals surface area contributed by atoms with Crippen LogP contribution in [0.15, 0.2) is 82.2 Å². The van der Waals surface area contributed by atoms with Gasteiger partial charge < -0.3 is 10.1 Å². The smallest absolute Gasteiger partial charge is 0.245 e. The zero-order valence-electron chi connectivity index (χ0n) is 16.5. The Labute approximate surface area is 194 Å². The van der Waals surface area contributed by atoms with E-state index in [-0.39, 0.29) is 22.1 Å². The summed E-state index contributed by atoms with van der Waals surface area (Å²) in [6.07, 6.45) is 0.152. The number of hydrogen-bond acceptors (Lipinski definition) is 4. The van der Waals surface area contributed by atoms with Crippen LogP contribution in [-0.4, -0.2) is 27.5 Å². The lowest BCUT2D eigenvalue weighted by Crippen LogP contribution is -2.45. The molecular formula is C22H20BrClN2O4S. The normalized spacial score (nSPS) is 12.2. The van der Waals surface area contributed by atoms with Gasteiger partial charge in [-0.05, 0) is 58.2 Å². The third kappa shape index (κ3) is 6.07. The fourth-order valence-electron chi connectivity index (χ4n) is 2.93. The molecule has 2 N–H and O–H groups in total. The van der Waals surface area contributed by atoms with E-state index < -0.39 is 22.0 Å². The molecule has 0 heterocycles. The molecule has 0 aliphatic rings. The van der Waals surface area contributed by atoms with Gasteiger partial charge in [-0.15, -0.1) is 0 Å². The quantitative estimate of drug-likeness (QED) is 0.451. The van der Waals surface area contributed by atoms with Crippen molar-refractivity contribution in [2.45, 2.75) is 17.4 Å². The average Bonchev–Trinajstić information content (AvgIpc) is 2.75. The molecule has 0 saturated heterocycles. The first-order valence-electron chi connectivity index (χ1n) is 9.25. The molecule has 0 aliphatic heterocycles.